The lowest BCUT2D eigenvalue weighted by atomic mass is 10.1. The molecule has 0 fully saturated rings. The van der Waals surface area contributed by atoms with Gasteiger partial charge in [-0.1, -0.05) is 0 Å². The van der Waals surface area contributed by atoms with Gasteiger partial charge in [-0.15, -0.1) is 0 Å². The summed E-state index contributed by atoms with van der Waals surface area (Å²) in [4.78, 5) is 14.2. The number of rotatable bonds is 4. The molecule has 0 unspecified atom stereocenters. The highest BCUT2D eigenvalue weighted by atomic mass is 19.3. The van der Waals surface area contributed by atoms with E-state index in [9.17, 15) is 18.0 Å². The summed E-state index contributed by atoms with van der Waals surface area (Å²) in [6.45, 7) is 1.68. The summed E-state index contributed by atoms with van der Waals surface area (Å²) in [5.74, 6) is -2.03. The average molecular weight is 258 g/mol. The van der Waals surface area contributed by atoms with Crippen molar-refractivity contribution in [2.45, 2.75) is 19.8 Å². The summed E-state index contributed by atoms with van der Waals surface area (Å²) in [6.07, 6.45) is -3.43. The zero-order valence-electron chi connectivity index (χ0n) is 9.41. The molecule has 0 amide bonds. The molecule has 0 radical (unpaired) electrons. The first-order chi connectivity index (χ1) is 8.49. The topological polar surface area (TPSA) is 63.0 Å². The van der Waals surface area contributed by atoms with Crippen LogP contribution in [-0.2, 0) is 16.0 Å². The number of alkyl halides is 2. The molecule has 1 aromatic heterocycles. The van der Waals surface area contributed by atoms with E-state index in [2.05, 4.69) is 9.72 Å². The molecule has 7 heteroatoms. The third kappa shape index (κ3) is 3.20. The molecule has 1 heterocycles. The SMILES string of the molecule is CCOC(=O)Cc1cc(C(F)F)nc(F)c1C#N. The first kappa shape index (κ1) is 14.0. The van der Waals surface area contributed by atoms with Gasteiger partial charge in [-0.25, -0.2) is 13.8 Å². The Bertz CT molecular complexity index is 498. The Morgan fingerprint density at radius 1 is 1.61 bits per heavy atom. The van der Waals surface area contributed by atoms with E-state index in [1.807, 2.05) is 0 Å². The maximum Gasteiger partial charge on any atom is 0.310 e. The molecule has 0 saturated carbocycles. The van der Waals surface area contributed by atoms with E-state index in [0.717, 1.165) is 6.07 Å². The number of aromatic nitrogens is 1. The van der Waals surface area contributed by atoms with E-state index in [4.69, 9.17) is 5.26 Å². The standard InChI is InChI=1S/C11H9F3N2O2/c1-2-18-9(17)4-6-3-8(10(12)13)16-11(14)7(6)5-15/h3,10H,2,4H2,1H3. The third-order valence-corrected chi connectivity index (χ3v) is 2.05. The first-order valence-electron chi connectivity index (χ1n) is 5.02. The van der Waals surface area contributed by atoms with Gasteiger partial charge in [0.1, 0.15) is 17.3 Å². The normalized spacial score (nSPS) is 10.2. The number of halogens is 3. The zero-order chi connectivity index (χ0) is 13.7. The fourth-order valence-corrected chi connectivity index (χ4v) is 1.32. The molecule has 1 rings (SSSR count). The highest BCUT2D eigenvalue weighted by Gasteiger charge is 2.19. The molecule has 0 atom stereocenters. The van der Waals surface area contributed by atoms with Crippen molar-refractivity contribution in [1.29, 1.82) is 5.26 Å². The van der Waals surface area contributed by atoms with Gasteiger partial charge in [-0.05, 0) is 18.6 Å². The van der Waals surface area contributed by atoms with E-state index in [-0.39, 0.29) is 12.2 Å². The second-order valence-corrected chi connectivity index (χ2v) is 3.27. The van der Waals surface area contributed by atoms with Crippen molar-refractivity contribution in [1.82, 2.24) is 4.98 Å². The summed E-state index contributed by atoms with van der Waals surface area (Å²) in [7, 11) is 0. The molecule has 0 N–H and O–H groups in total. The Hall–Kier alpha value is -2.10. The van der Waals surface area contributed by atoms with E-state index >= 15 is 0 Å². The van der Waals surface area contributed by atoms with Crippen molar-refractivity contribution in [3.63, 3.8) is 0 Å². The van der Waals surface area contributed by atoms with Crippen molar-refractivity contribution >= 4 is 5.97 Å². The smallest absolute Gasteiger partial charge is 0.310 e. The molecule has 0 aromatic carbocycles. The number of nitriles is 1. The van der Waals surface area contributed by atoms with Crippen molar-refractivity contribution in [3.8, 4) is 6.07 Å². The van der Waals surface area contributed by atoms with Crippen molar-refractivity contribution in [2.75, 3.05) is 6.61 Å². The minimum absolute atomic E-state index is 0.107. The predicted molar refractivity (Wildman–Crippen MR) is 54.2 cm³/mol. The summed E-state index contributed by atoms with van der Waals surface area (Å²) in [5, 5.41) is 8.70. The fourth-order valence-electron chi connectivity index (χ4n) is 1.32. The maximum absolute atomic E-state index is 13.3. The van der Waals surface area contributed by atoms with Crippen molar-refractivity contribution < 1.29 is 22.7 Å². The van der Waals surface area contributed by atoms with Crippen LogP contribution < -0.4 is 0 Å². The lowest BCUT2D eigenvalue weighted by Gasteiger charge is -2.07. The lowest BCUT2D eigenvalue weighted by Crippen LogP contribution is -2.11. The first-order valence-corrected chi connectivity index (χ1v) is 5.02. The highest BCUT2D eigenvalue weighted by molar-refractivity contribution is 5.73. The molecule has 18 heavy (non-hydrogen) atoms. The van der Waals surface area contributed by atoms with E-state index in [1.54, 1.807) is 6.92 Å². The monoisotopic (exact) mass is 258 g/mol. The molecule has 0 aliphatic heterocycles. The summed E-state index contributed by atoms with van der Waals surface area (Å²) >= 11 is 0. The second-order valence-electron chi connectivity index (χ2n) is 3.27. The highest BCUT2D eigenvalue weighted by Crippen LogP contribution is 2.21. The minimum atomic E-state index is -2.98. The van der Waals surface area contributed by atoms with Crippen LogP contribution in [0.25, 0.3) is 0 Å². The van der Waals surface area contributed by atoms with Crippen LogP contribution in [0, 0.1) is 17.3 Å². The third-order valence-electron chi connectivity index (χ3n) is 2.05. The molecule has 4 nitrogen and oxygen atoms in total. The minimum Gasteiger partial charge on any atom is -0.466 e. The van der Waals surface area contributed by atoms with Gasteiger partial charge in [0, 0.05) is 0 Å². The van der Waals surface area contributed by atoms with E-state index in [1.165, 1.54) is 6.07 Å². The molecule has 1 aromatic rings. The Morgan fingerprint density at radius 2 is 2.28 bits per heavy atom. The number of carbonyl (C=O) groups excluding carboxylic acids is 1. The number of esters is 1. The Labute approximate surface area is 101 Å². The van der Waals surface area contributed by atoms with Crippen LogP contribution in [0.15, 0.2) is 6.07 Å². The van der Waals surface area contributed by atoms with Gasteiger partial charge < -0.3 is 4.74 Å². The summed E-state index contributed by atoms with van der Waals surface area (Å²) in [5.41, 5.74) is -1.49. The number of hydrogen-bond donors (Lipinski definition) is 0. The molecule has 0 aliphatic rings. The summed E-state index contributed by atoms with van der Waals surface area (Å²) < 4.78 is 42.7. The van der Waals surface area contributed by atoms with Gasteiger partial charge in [0.15, 0.2) is 0 Å². The van der Waals surface area contributed by atoms with Gasteiger partial charge in [-0.3, -0.25) is 4.79 Å². The van der Waals surface area contributed by atoms with Gasteiger partial charge in [0.2, 0.25) is 5.95 Å². The van der Waals surface area contributed by atoms with Gasteiger partial charge in [0.25, 0.3) is 6.43 Å². The molecule has 0 saturated heterocycles. The Morgan fingerprint density at radius 3 is 2.78 bits per heavy atom. The number of hydrogen-bond acceptors (Lipinski definition) is 4. The predicted octanol–water partition coefficient (Wildman–Crippen LogP) is 2.14. The number of nitrogens with zero attached hydrogens (tertiary/aromatic N) is 2. The largest absolute Gasteiger partial charge is 0.466 e. The molecule has 0 aliphatic carbocycles. The zero-order valence-corrected chi connectivity index (χ0v) is 9.41. The average Bonchev–Trinajstić information content (AvgIpc) is 2.28. The molecular formula is C11H9F3N2O2. The molecule has 0 spiro atoms. The van der Waals surface area contributed by atoms with Gasteiger partial charge in [-0.2, -0.15) is 9.65 Å². The lowest BCUT2D eigenvalue weighted by molar-refractivity contribution is -0.142. The van der Waals surface area contributed by atoms with E-state index < -0.39 is 36.0 Å². The summed E-state index contributed by atoms with van der Waals surface area (Å²) in [6, 6.07) is 2.32. The van der Waals surface area contributed by atoms with Crippen LogP contribution in [0.3, 0.4) is 0 Å². The van der Waals surface area contributed by atoms with Crippen molar-refractivity contribution in [3.05, 3.63) is 28.8 Å². The quantitative estimate of drug-likeness (QED) is 0.613. The van der Waals surface area contributed by atoms with Gasteiger partial charge in [0.05, 0.1) is 13.0 Å². The van der Waals surface area contributed by atoms with Crippen LogP contribution in [0.2, 0.25) is 0 Å². The van der Waals surface area contributed by atoms with E-state index in [0.29, 0.717) is 0 Å². The number of pyridine rings is 1. The number of ether oxygens (including phenoxy) is 1. The van der Waals surface area contributed by atoms with Crippen LogP contribution in [0.4, 0.5) is 13.2 Å². The fraction of sp³-hybridized carbons (Fsp3) is 0.364. The number of carbonyl (C=O) groups is 1. The maximum atomic E-state index is 13.3. The van der Waals surface area contributed by atoms with Gasteiger partial charge >= 0.3 is 5.97 Å². The Balaban J connectivity index is 3.15. The van der Waals surface area contributed by atoms with Crippen LogP contribution in [0.1, 0.15) is 30.2 Å². The second kappa shape index (κ2) is 6.00. The molecule has 96 valence electrons. The Kier molecular flexibility index (Phi) is 4.66. The van der Waals surface area contributed by atoms with Crippen LogP contribution >= 0.6 is 0 Å². The van der Waals surface area contributed by atoms with Crippen molar-refractivity contribution in [2.24, 2.45) is 0 Å². The molecule has 0 bridgehead atoms. The van der Waals surface area contributed by atoms with Crippen LogP contribution in [0.5, 0.6) is 0 Å². The molecular weight excluding hydrogens is 249 g/mol. The van der Waals surface area contributed by atoms with Crippen LogP contribution in [-0.4, -0.2) is 17.6 Å².